The zero-order chi connectivity index (χ0) is 16.3. The smallest absolute Gasteiger partial charge is 0.348 e. The molecule has 0 aromatic carbocycles. The van der Waals surface area contributed by atoms with Gasteiger partial charge in [-0.15, -0.1) is 22.7 Å². The van der Waals surface area contributed by atoms with E-state index in [0.717, 1.165) is 20.9 Å². The molecule has 0 bridgehead atoms. The number of rotatable bonds is 5. The molecule has 0 saturated heterocycles. The first-order valence-corrected chi connectivity index (χ1v) is 8.66. The standard InChI is InChI=1S/C16H18O4S2/c1-5-19-15(17)11-7-9(3)13(21-11)14-10(4)8-12(22-14)16(18)20-6-2/h7-8H,5-6H2,1-4H3. The van der Waals surface area contributed by atoms with Crippen LogP contribution in [0.1, 0.15) is 44.3 Å². The van der Waals surface area contributed by atoms with Gasteiger partial charge in [-0.3, -0.25) is 0 Å². The fraction of sp³-hybridized carbons (Fsp3) is 0.375. The number of carbonyl (C=O) groups excluding carboxylic acids is 2. The third kappa shape index (κ3) is 3.39. The predicted molar refractivity (Wildman–Crippen MR) is 89.0 cm³/mol. The van der Waals surface area contributed by atoms with Gasteiger partial charge in [0.25, 0.3) is 0 Å². The van der Waals surface area contributed by atoms with Crippen LogP contribution in [0.4, 0.5) is 0 Å². The van der Waals surface area contributed by atoms with Crippen LogP contribution in [0.3, 0.4) is 0 Å². The first-order chi connectivity index (χ1) is 10.5. The number of aryl methyl sites for hydroxylation is 2. The monoisotopic (exact) mass is 338 g/mol. The van der Waals surface area contributed by atoms with Crippen LogP contribution in [0.15, 0.2) is 12.1 Å². The molecule has 0 spiro atoms. The number of thiophene rings is 2. The third-order valence-electron chi connectivity index (χ3n) is 3.00. The van der Waals surface area contributed by atoms with Crippen molar-refractivity contribution in [2.24, 2.45) is 0 Å². The Morgan fingerprint density at radius 3 is 1.55 bits per heavy atom. The Balaban J connectivity index is 2.36. The molecular formula is C16H18O4S2. The van der Waals surface area contributed by atoms with E-state index in [1.807, 2.05) is 26.0 Å². The van der Waals surface area contributed by atoms with Crippen LogP contribution in [0.5, 0.6) is 0 Å². The van der Waals surface area contributed by atoms with Crippen LogP contribution in [0, 0.1) is 13.8 Å². The lowest BCUT2D eigenvalue weighted by atomic mass is 10.2. The van der Waals surface area contributed by atoms with E-state index in [1.165, 1.54) is 22.7 Å². The number of hydrogen-bond acceptors (Lipinski definition) is 6. The van der Waals surface area contributed by atoms with Gasteiger partial charge in [0.05, 0.1) is 13.2 Å². The summed E-state index contributed by atoms with van der Waals surface area (Å²) in [6.07, 6.45) is 0. The Morgan fingerprint density at radius 2 is 1.23 bits per heavy atom. The summed E-state index contributed by atoms with van der Waals surface area (Å²) in [5, 5.41) is 0. The van der Waals surface area contributed by atoms with Crippen molar-refractivity contribution in [1.82, 2.24) is 0 Å². The van der Waals surface area contributed by atoms with E-state index < -0.39 is 0 Å². The zero-order valence-electron chi connectivity index (χ0n) is 13.0. The molecule has 2 rings (SSSR count). The maximum absolute atomic E-state index is 11.8. The highest BCUT2D eigenvalue weighted by molar-refractivity contribution is 7.24. The Labute approximate surface area is 137 Å². The molecule has 0 aliphatic heterocycles. The predicted octanol–water partition coefficient (Wildman–Crippen LogP) is 4.45. The zero-order valence-corrected chi connectivity index (χ0v) is 14.7. The van der Waals surface area contributed by atoms with Gasteiger partial charge in [-0.1, -0.05) is 0 Å². The number of ether oxygens (including phenoxy) is 2. The maximum atomic E-state index is 11.8. The Kier molecular flexibility index (Phi) is 5.37. The van der Waals surface area contributed by atoms with Crippen LogP contribution in [0.2, 0.25) is 0 Å². The SMILES string of the molecule is CCOC(=O)c1cc(C)c(-c2sc(C(=O)OCC)cc2C)s1. The average molecular weight is 338 g/mol. The van der Waals surface area contributed by atoms with Crippen molar-refractivity contribution in [3.63, 3.8) is 0 Å². The van der Waals surface area contributed by atoms with E-state index in [-0.39, 0.29) is 11.9 Å². The van der Waals surface area contributed by atoms with Crippen molar-refractivity contribution < 1.29 is 19.1 Å². The van der Waals surface area contributed by atoms with Crippen molar-refractivity contribution in [2.75, 3.05) is 13.2 Å². The van der Waals surface area contributed by atoms with Gasteiger partial charge in [0, 0.05) is 9.75 Å². The Morgan fingerprint density at radius 1 is 0.864 bits per heavy atom. The van der Waals surface area contributed by atoms with E-state index >= 15 is 0 Å². The Hall–Kier alpha value is -1.66. The van der Waals surface area contributed by atoms with Gasteiger partial charge in [-0.2, -0.15) is 0 Å². The summed E-state index contributed by atoms with van der Waals surface area (Å²) in [5.74, 6) is -0.608. The third-order valence-corrected chi connectivity index (χ3v) is 5.59. The van der Waals surface area contributed by atoms with Gasteiger partial charge in [0.1, 0.15) is 9.75 Å². The lowest BCUT2D eigenvalue weighted by Gasteiger charge is -1.98. The summed E-state index contributed by atoms with van der Waals surface area (Å²) in [6, 6.07) is 3.67. The second-order valence-corrected chi connectivity index (χ2v) is 6.79. The molecule has 118 valence electrons. The quantitative estimate of drug-likeness (QED) is 0.756. The normalized spacial score (nSPS) is 10.5. The van der Waals surface area contributed by atoms with Crippen LogP contribution >= 0.6 is 22.7 Å². The van der Waals surface area contributed by atoms with Crippen molar-refractivity contribution in [2.45, 2.75) is 27.7 Å². The summed E-state index contributed by atoms with van der Waals surface area (Å²) in [5.41, 5.74) is 2.02. The molecule has 2 aromatic heterocycles. The van der Waals surface area contributed by atoms with Crippen molar-refractivity contribution in [3.05, 3.63) is 33.0 Å². The molecule has 6 heteroatoms. The van der Waals surface area contributed by atoms with Crippen molar-refractivity contribution >= 4 is 34.6 Å². The first-order valence-electron chi connectivity index (χ1n) is 7.03. The van der Waals surface area contributed by atoms with Gasteiger partial charge in [0.15, 0.2) is 0 Å². The summed E-state index contributed by atoms with van der Waals surface area (Å²) < 4.78 is 10.1. The fourth-order valence-corrected chi connectivity index (χ4v) is 4.41. The molecule has 0 aliphatic carbocycles. The molecule has 0 radical (unpaired) electrons. The topological polar surface area (TPSA) is 52.6 Å². The van der Waals surface area contributed by atoms with Crippen LogP contribution in [-0.2, 0) is 9.47 Å². The van der Waals surface area contributed by atoms with E-state index in [1.54, 1.807) is 13.8 Å². The lowest BCUT2D eigenvalue weighted by Crippen LogP contribution is -2.01. The minimum atomic E-state index is -0.304. The molecule has 0 atom stereocenters. The van der Waals surface area contributed by atoms with E-state index in [0.29, 0.717) is 23.0 Å². The first kappa shape index (κ1) is 16.7. The maximum Gasteiger partial charge on any atom is 0.348 e. The molecule has 0 unspecified atom stereocenters. The van der Waals surface area contributed by atoms with Gasteiger partial charge < -0.3 is 9.47 Å². The molecule has 0 saturated carbocycles. The summed E-state index contributed by atoms with van der Waals surface area (Å²) in [4.78, 5) is 26.9. The van der Waals surface area contributed by atoms with Crippen molar-refractivity contribution in [1.29, 1.82) is 0 Å². The van der Waals surface area contributed by atoms with Gasteiger partial charge in [0.2, 0.25) is 0 Å². The van der Waals surface area contributed by atoms with Crippen LogP contribution in [0.25, 0.3) is 9.75 Å². The Bertz CT molecular complexity index is 637. The van der Waals surface area contributed by atoms with Gasteiger partial charge >= 0.3 is 11.9 Å². The van der Waals surface area contributed by atoms with Crippen LogP contribution < -0.4 is 0 Å². The van der Waals surface area contributed by atoms with Gasteiger partial charge in [-0.25, -0.2) is 9.59 Å². The average Bonchev–Trinajstić information content (AvgIpc) is 3.02. The molecule has 0 fully saturated rings. The minimum Gasteiger partial charge on any atom is -0.462 e. The fourth-order valence-electron chi connectivity index (χ4n) is 2.02. The molecule has 22 heavy (non-hydrogen) atoms. The van der Waals surface area contributed by atoms with E-state index in [9.17, 15) is 9.59 Å². The highest BCUT2D eigenvalue weighted by atomic mass is 32.1. The van der Waals surface area contributed by atoms with Crippen LogP contribution in [-0.4, -0.2) is 25.2 Å². The summed E-state index contributed by atoms with van der Waals surface area (Å²) in [6.45, 7) is 8.20. The number of carbonyl (C=O) groups is 2. The molecule has 0 aliphatic rings. The second kappa shape index (κ2) is 7.07. The summed E-state index contributed by atoms with van der Waals surface area (Å²) in [7, 11) is 0. The van der Waals surface area contributed by atoms with E-state index in [4.69, 9.17) is 9.47 Å². The lowest BCUT2D eigenvalue weighted by molar-refractivity contribution is 0.0522. The highest BCUT2D eigenvalue weighted by Crippen LogP contribution is 2.39. The molecule has 4 nitrogen and oxygen atoms in total. The molecular weight excluding hydrogens is 320 g/mol. The highest BCUT2D eigenvalue weighted by Gasteiger charge is 2.20. The number of hydrogen-bond donors (Lipinski definition) is 0. The molecule has 0 N–H and O–H groups in total. The largest absolute Gasteiger partial charge is 0.462 e. The van der Waals surface area contributed by atoms with E-state index in [2.05, 4.69) is 0 Å². The second-order valence-electron chi connectivity index (χ2n) is 4.69. The molecule has 2 heterocycles. The molecule has 2 aromatic rings. The minimum absolute atomic E-state index is 0.304. The molecule has 0 amide bonds. The summed E-state index contributed by atoms with van der Waals surface area (Å²) >= 11 is 2.79. The van der Waals surface area contributed by atoms with Gasteiger partial charge in [-0.05, 0) is 51.0 Å². The number of esters is 2. The van der Waals surface area contributed by atoms with Crippen molar-refractivity contribution in [3.8, 4) is 9.75 Å².